The van der Waals surface area contributed by atoms with Crippen molar-refractivity contribution >= 4 is 27.5 Å². The standard InChI is InChI=1S/C29H33N3O3S2/c1-20(2)19-27(29(33)31-18-17-30)32-28(22-11-15-24(16-12-22)37(4,34)35)26-8-6-5-7-25(26)21-9-13-23(36-3)14-10-21/h5-16,20,27-28,32H,18-19H2,1-4H3,(H,31,33)/t27-,28?/m0/s1. The van der Waals surface area contributed by atoms with E-state index in [0.29, 0.717) is 6.42 Å². The summed E-state index contributed by atoms with van der Waals surface area (Å²) < 4.78 is 24.1. The van der Waals surface area contributed by atoms with Crippen LogP contribution in [0, 0.1) is 17.2 Å². The van der Waals surface area contributed by atoms with Crippen LogP contribution in [0.2, 0.25) is 0 Å². The first kappa shape index (κ1) is 28.5. The van der Waals surface area contributed by atoms with Crippen molar-refractivity contribution in [3.8, 4) is 17.2 Å². The zero-order valence-electron chi connectivity index (χ0n) is 21.6. The maximum absolute atomic E-state index is 13.0. The van der Waals surface area contributed by atoms with Crippen molar-refractivity contribution in [2.24, 2.45) is 5.92 Å². The Bertz CT molecular complexity index is 1350. The maximum Gasteiger partial charge on any atom is 0.237 e. The summed E-state index contributed by atoms with van der Waals surface area (Å²) in [4.78, 5) is 14.4. The molecule has 0 heterocycles. The number of amides is 1. The van der Waals surface area contributed by atoms with Crippen molar-refractivity contribution in [3.63, 3.8) is 0 Å². The number of carbonyl (C=O) groups is 1. The molecule has 3 aromatic rings. The molecular formula is C29H33N3O3S2. The highest BCUT2D eigenvalue weighted by Crippen LogP contribution is 2.34. The number of benzene rings is 3. The molecule has 0 bridgehead atoms. The predicted octanol–water partition coefficient (Wildman–Crippen LogP) is 5.21. The van der Waals surface area contributed by atoms with Gasteiger partial charge in [-0.15, -0.1) is 11.8 Å². The Labute approximate surface area is 224 Å². The molecule has 0 saturated heterocycles. The summed E-state index contributed by atoms with van der Waals surface area (Å²) >= 11 is 1.68. The number of sulfone groups is 1. The summed E-state index contributed by atoms with van der Waals surface area (Å²) in [5.41, 5.74) is 3.86. The fourth-order valence-corrected chi connectivity index (χ4v) is 5.27. The number of nitrogens with one attached hydrogen (secondary N) is 2. The molecule has 0 spiro atoms. The molecule has 0 aliphatic rings. The molecule has 0 aliphatic heterocycles. The van der Waals surface area contributed by atoms with Crippen molar-refractivity contribution in [3.05, 3.63) is 83.9 Å². The van der Waals surface area contributed by atoms with E-state index in [2.05, 4.69) is 41.0 Å². The van der Waals surface area contributed by atoms with Gasteiger partial charge in [-0.1, -0.05) is 62.4 Å². The molecule has 0 aromatic heterocycles. The fourth-order valence-electron chi connectivity index (χ4n) is 4.23. The smallest absolute Gasteiger partial charge is 0.237 e. The molecular weight excluding hydrogens is 502 g/mol. The van der Waals surface area contributed by atoms with Gasteiger partial charge in [-0.25, -0.2) is 8.42 Å². The molecule has 1 unspecified atom stereocenters. The molecule has 1 amide bonds. The van der Waals surface area contributed by atoms with Gasteiger partial charge >= 0.3 is 0 Å². The normalized spacial score (nSPS) is 13.1. The molecule has 194 valence electrons. The second-order valence-electron chi connectivity index (χ2n) is 9.31. The first-order chi connectivity index (χ1) is 17.6. The number of hydrogen-bond acceptors (Lipinski definition) is 6. The van der Waals surface area contributed by atoms with Crippen LogP contribution >= 0.6 is 11.8 Å². The minimum Gasteiger partial charge on any atom is -0.342 e. The summed E-state index contributed by atoms with van der Waals surface area (Å²) in [6.07, 6.45) is 3.79. The van der Waals surface area contributed by atoms with Crippen LogP contribution < -0.4 is 10.6 Å². The van der Waals surface area contributed by atoms with E-state index in [-0.39, 0.29) is 23.3 Å². The Kier molecular flexibility index (Phi) is 9.93. The molecule has 8 heteroatoms. The van der Waals surface area contributed by atoms with Gasteiger partial charge in [0, 0.05) is 11.2 Å². The molecule has 0 radical (unpaired) electrons. The minimum absolute atomic E-state index is 0.0682. The van der Waals surface area contributed by atoms with Gasteiger partial charge in [-0.2, -0.15) is 5.26 Å². The number of hydrogen-bond donors (Lipinski definition) is 2. The van der Waals surface area contributed by atoms with Crippen LogP contribution in [0.1, 0.15) is 37.4 Å². The average molecular weight is 536 g/mol. The molecule has 0 aliphatic carbocycles. The van der Waals surface area contributed by atoms with Gasteiger partial charge in [0.15, 0.2) is 9.84 Å². The molecule has 0 fully saturated rings. The second-order valence-corrected chi connectivity index (χ2v) is 12.2. The van der Waals surface area contributed by atoms with Crippen LogP contribution in [0.15, 0.2) is 82.6 Å². The fraction of sp³-hybridized carbons (Fsp3) is 0.310. The number of thioether (sulfide) groups is 1. The van der Waals surface area contributed by atoms with Crippen LogP contribution in [-0.2, 0) is 14.6 Å². The van der Waals surface area contributed by atoms with E-state index >= 15 is 0 Å². The van der Waals surface area contributed by atoms with Gasteiger partial charge in [-0.05, 0) is 65.1 Å². The topological polar surface area (TPSA) is 99.1 Å². The first-order valence-corrected chi connectivity index (χ1v) is 15.2. The third-order valence-corrected chi connectivity index (χ3v) is 7.92. The number of carbonyl (C=O) groups excluding carboxylic acids is 1. The summed E-state index contributed by atoms with van der Waals surface area (Å²) in [6, 6.07) is 24.1. The van der Waals surface area contributed by atoms with Crippen molar-refractivity contribution < 1.29 is 13.2 Å². The van der Waals surface area contributed by atoms with Crippen molar-refractivity contribution in [1.29, 1.82) is 5.26 Å². The Balaban J connectivity index is 2.12. The quantitative estimate of drug-likeness (QED) is 0.258. The second kappa shape index (κ2) is 12.9. The highest BCUT2D eigenvalue weighted by Gasteiger charge is 2.27. The molecule has 2 N–H and O–H groups in total. The largest absolute Gasteiger partial charge is 0.342 e. The lowest BCUT2D eigenvalue weighted by Crippen LogP contribution is -2.46. The Morgan fingerprint density at radius 3 is 2.22 bits per heavy atom. The van der Waals surface area contributed by atoms with Crippen LogP contribution in [0.5, 0.6) is 0 Å². The highest BCUT2D eigenvalue weighted by atomic mass is 32.2. The van der Waals surface area contributed by atoms with Gasteiger partial charge in [0.25, 0.3) is 0 Å². The first-order valence-electron chi connectivity index (χ1n) is 12.1. The molecule has 3 rings (SSSR count). The van der Waals surface area contributed by atoms with Gasteiger partial charge in [0.05, 0.1) is 23.0 Å². The van der Waals surface area contributed by atoms with E-state index < -0.39 is 21.9 Å². The van der Waals surface area contributed by atoms with Crippen molar-refractivity contribution in [2.45, 2.75) is 42.1 Å². The lowest BCUT2D eigenvalue weighted by atomic mass is 9.89. The zero-order chi connectivity index (χ0) is 27.0. The van der Waals surface area contributed by atoms with E-state index in [1.807, 2.05) is 44.4 Å². The number of rotatable bonds is 11. The van der Waals surface area contributed by atoms with Crippen molar-refractivity contribution in [1.82, 2.24) is 10.6 Å². The summed E-state index contributed by atoms with van der Waals surface area (Å²) in [5, 5.41) is 15.2. The van der Waals surface area contributed by atoms with Crippen LogP contribution in [0.25, 0.3) is 11.1 Å². The average Bonchev–Trinajstić information content (AvgIpc) is 2.89. The van der Waals surface area contributed by atoms with Gasteiger partial charge in [-0.3, -0.25) is 10.1 Å². The molecule has 37 heavy (non-hydrogen) atoms. The highest BCUT2D eigenvalue weighted by molar-refractivity contribution is 7.98. The van der Waals surface area contributed by atoms with E-state index in [1.54, 1.807) is 36.0 Å². The predicted molar refractivity (Wildman–Crippen MR) is 150 cm³/mol. The lowest BCUT2D eigenvalue weighted by Gasteiger charge is -2.28. The SMILES string of the molecule is CSc1ccc(-c2ccccc2C(N[C@@H](CC(C)C)C(=O)NCC#N)c2ccc(S(C)(=O)=O)cc2)cc1. The number of nitriles is 1. The van der Waals surface area contributed by atoms with Crippen LogP contribution in [0.3, 0.4) is 0 Å². The summed E-state index contributed by atoms with van der Waals surface area (Å²) in [5.74, 6) is -0.0114. The van der Waals surface area contributed by atoms with Gasteiger partial charge in [0.1, 0.15) is 6.54 Å². The zero-order valence-corrected chi connectivity index (χ0v) is 23.2. The lowest BCUT2D eigenvalue weighted by molar-refractivity contribution is -0.123. The Morgan fingerprint density at radius 2 is 1.65 bits per heavy atom. The van der Waals surface area contributed by atoms with E-state index in [9.17, 15) is 13.2 Å². The van der Waals surface area contributed by atoms with Gasteiger partial charge < -0.3 is 5.32 Å². The number of nitrogens with zero attached hydrogens (tertiary/aromatic N) is 1. The molecule has 6 nitrogen and oxygen atoms in total. The molecule has 0 saturated carbocycles. The molecule has 3 aromatic carbocycles. The third-order valence-electron chi connectivity index (χ3n) is 6.05. The maximum atomic E-state index is 13.0. The van der Waals surface area contributed by atoms with Gasteiger partial charge in [0.2, 0.25) is 5.91 Å². The Morgan fingerprint density at radius 1 is 1.00 bits per heavy atom. The third kappa shape index (κ3) is 7.68. The van der Waals surface area contributed by atoms with Crippen molar-refractivity contribution in [2.75, 3.05) is 19.1 Å². The van der Waals surface area contributed by atoms with E-state index in [0.717, 1.165) is 22.3 Å². The summed E-state index contributed by atoms with van der Waals surface area (Å²) in [6.45, 7) is 4.02. The van der Waals surface area contributed by atoms with E-state index in [4.69, 9.17) is 5.26 Å². The molecule has 2 atom stereocenters. The monoisotopic (exact) mass is 535 g/mol. The Hall–Kier alpha value is -3.12. The van der Waals surface area contributed by atoms with E-state index in [1.165, 1.54) is 11.2 Å². The minimum atomic E-state index is -3.35. The van der Waals surface area contributed by atoms with Crippen LogP contribution in [0.4, 0.5) is 0 Å². The van der Waals surface area contributed by atoms with Crippen LogP contribution in [-0.4, -0.2) is 39.4 Å². The summed E-state index contributed by atoms with van der Waals surface area (Å²) in [7, 11) is -3.35.